The van der Waals surface area contributed by atoms with Gasteiger partial charge in [-0.3, -0.25) is 14.4 Å². The topological polar surface area (TPSA) is 78.9 Å². The molecule has 0 saturated heterocycles. The largest absolute Gasteiger partial charge is 0.462 e. The number of hydrogen-bond acceptors (Lipinski definition) is 6. The number of esters is 3. The zero-order chi connectivity index (χ0) is 51.4. The molecule has 1 unspecified atom stereocenters. The van der Waals surface area contributed by atoms with Crippen LogP contribution in [0.4, 0.5) is 0 Å². The van der Waals surface area contributed by atoms with Crippen molar-refractivity contribution in [1.82, 2.24) is 0 Å². The standard InChI is InChI=1S/C65H102O6/c1-4-7-10-13-16-19-22-25-28-31-33-35-37-40-43-46-49-52-55-58-64(67)70-61-62(60-69-63(66)57-54-51-48-45-42-39-36-30-27-24-21-18-15-12-9-6-3)71-65(68)59-56-53-50-47-44-41-38-34-32-29-26-23-20-17-14-11-8-5-2/h7,9-10,12-13,16,18-19,21-22,25,27-35,37-38,40,43,62H,4-6,8,11,14-15,17,20,23-24,26,36,39,41-42,44-61H2,1-3H3/b10-7-,12-9-,16-13-,21-18-,22-19-,28-25-,30-27-,32-29-,33-31+,37-35-,38-34-,43-40-. The molecule has 71 heavy (non-hydrogen) atoms. The van der Waals surface area contributed by atoms with Gasteiger partial charge in [0.15, 0.2) is 6.10 Å². The molecule has 0 N–H and O–H groups in total. The van der Waals surface area contributed by atoms with Crippen LogP contribution in [0.25, 0.3) is 0 Å². The molecule has 0 aliphatic carbocycles. The first kappa shape index (κ1) is 66.3. The zero-order valence-electron chi connectivity index (χ0n) is 45.4. The van der Waals surface area contributed by atoms with E-state index < -0.39 is 6.10 Å². The molecule has 0 saturated carbocycles. The predicted molar refractivity (Wildman–Crippen MR) is 306 cm³/mol. The summed E-state index contributed by atoms with van der Waals surface area (Å²) < 4.78 is 16.8. The summed E-state index contributed by atoms with van der Waals surface area (Å²) >= 11 is 0. The molecular formula is C65H102O6. The van der Waals surface area contributed by atoms with Crippen LogP contribution in [0.3, 0.4) is 0 Å². The second-order valence-electron chi connectivity index (χ2n) is 18.3. The quantitative estimate of drug-likeness (QED) is 0.0199. The number of ether oxygens (including phenoxy) is 3. The van der Waals surface area contributed by atoms with E-state index in [-0.39, 0.29) is 31.1 Å². The Kier molecular flexibility index (Phi) is 54.0. The molecule has 0 aliphatic heterocycles. The lowest BCUT2D eigenvalue weighted by atomic mass is 10.1. The predicted octanol–water partition coefficient (Wildman–Crippen LogP) is 19.2. The van der Waals surface area contributed by atoms with E-state index in [9.17, 15) is 14.4 Å². The van der Waals surface area contributed by atoms with Gasteiger partial charge in [0.1, 0.15) is 13.2 Å². The van der Waals surface area contributed by atoms with Gasteiger partial charge in [0.2, 0.25) is 0 Å². The van der Waals surface area contributed by atoms with E-state index in [1.54, 1.807) is 0 Å². The van der Waals surface area contributed by atoms with E-state index >= 15 is 0 Å². The fourth-order valence-electron chi connectivity index (χ4n) is 7.31. The third kappa shape index (κ3) is 56.1. The zero-order valence-corrected chi connectivity index (χ0v) is 45.4. The third-order valence-corrected chi connectivity index (χ3v) is 11.5. The van der Waals surface area contributed by atoms with Crippen molar-refractivity contribution in [2.45, 2.75) is 232 Å². The fourth-order valence-corrected chi connectivity index (χ4v) is 7.31. The Labute approximate surface area is 436 Å². The van der Waals surface area contributed by atoms with E-state index in [2.05, 4.69) is 93.7 Å². The van der Waals surface area contributed by atoms with Gasteiger partial charge in [0.05, 0.1) is 0 Å². The molecule has 1 atom stereocenters. The normalized spacial score (nSPS) is 13.2. The third-order valence-electron chi connectivity index (χ3n) is 11.5. The molecule has 0 aromatic heterocycles. The summed E-state index contributed by atoms with van der Waals surface area (Å²) in [6.45, 7) is 6.30. The van der Waals surface area contributed by atoms with Crippen LogP contribution >= 0.6 is 0 Å². The summed E-state index contributed by atoms with van der Waals surface area (Å²) in [5, 5.41) is 0. The Bertz CT molecular complexity index is 1590. The second-order valence-corrected chi connectivity index (χ2v) is 18.3. The number of carbonyl (C=O) groups excluding carboxylic acids is 3. The fraction of sp³-hybridized carbons (Fsp3) is 0.585. The van der Waals surface area contributed by atoms with Crippen molar-refractivity contribution in [3.05, 3.63) is 146 Å². The van der Waals surface area contributed by atoms with Crippen LogP contribution in [0.2, 0.25) is 0 Å². The molecule has 0 rings (SSSR count). The van der Waals surface area contributed by atoms with E-state index in [1.165, 1.54) is 64.2 Å². The maximum absolute atomic E-state index is 12.9. The molecule has 0 amide bonds. The Balaban J connectivity index is 4.57. The minimum Gasteiger partial charge on any atom is -0.462 e. The SMILES string of the molecule is CC\C=C/C=C\C=C/C=C\C=C\C=C/C=C\CCCCCC(=O)OCC(COC(=O)CCCCCCCC/C=C\C/C=C\C/C=C\CC)OC(=O)CCCCCCC/C=C\C=C/CCCCCCCCC. The Hall–Kier alpha value is -4.71. The second kappa shape index (κ2) is 57.9. The lowest BCUT2D eigenvalue weighted by Gasteiger charge is -2.18. The highest BCUT2D eigenvalue weighted by Crippen LogP contribution is 2.13. The van der Waals surface area contributed by atoms with E-state index in [1.807, 2.05) is 72.9 Å². The lowest BCUT2D eigenvalue weighted by molar-refractivity contribution is -0.167. The molecule has 0 aromatic carbocycles. The lowest BCUT2D eigenvalue weighted by Crippen LogP contribution is -2.30. The summed E-state index contributed by atoms with van der Waals surface area (Å²) in [6.07, 6.45) is 82.5. The number of carbonyl (C=O) groups is 3. The average molecular weight is 980 g/mol. The summed E-state index contributed by atoms with van der Waals surface area (Å²) in [5.41, 5.74) is 0. The van der Waals surface area contributed by atoms with Gasteiger partial charge in [-0.25, -0.2) is 0 Å². The monoisotopic (exact) mass is 979 g/mol. The van der Waals surface area contributed by atoms with Crippen molar-refractivity contribution in [2.75, 3.05) is 13.2 Å². The first-order valence-corrected chi connectivity index (χ1v) is 28.5. The summed E-state index contributed by atoms with van der Waals surface area (Å²) in [4.78, 5) is 38.2. The summed E-state index contributed by atoms with van der Waals surface area (Å²) in [6, 6.07) is 0. The smallest absolute Gasteiger partial charge is 0.306 e. The van der Waals surface area contributed by atoms with E-state index in [4.69, 9.17) is 14.2 Å². The first-order valence-electron chi connectivity index (χ1n) is 28.5. The molecule has 6 heteroatoms. The van der Waals surface area contributed by atoms with Crippen molar-refractivity contribution in [2.24, 2.45) is 0 Å². The van der Waals surface area contributed by atoms with Crippen LogP contribution in [0.1, 0.15) is 226 Å². The van der Waals surface area contributed by atoms with Crippen LogP contribution < -0.4 is 0 Å². The molecule has 398 valence electrons. The molecule has 0 fully saturated rings. The van der Waals surface area contributed by atoms with Crippen molar-refractivity contribution in [1.29, 1.82) is 0 Å². The van der Waals surface area contributed by atoms with Crippen molar-refractivity contribution >= 4 is 17.9 Å². The summed E-state index contributed by atoms with van der Waals surface area (Å²) in [5.74, 6) is -0.992. The van der Waals surface area contributed by atoms with E-state index in [0.717, 1.165) is 122 Å². The Morgan fingerprint density at radius 2 is 0.620 bits per heavy atom. The Morgan fingerprint density at radius 1 is 0.310 bits per heavy atom. The van der Waals surface area contributed by atoms with Crippen molar-refractivity contribution < 1.29 is 28.6 Å². The highest BCUT2D eigenvalue weighted by molar-refractivity contribution is 5.71. The number of unbranched alkanes of at least 4 members (excludes halogenated alkanes) is 21. The van der Waals surface area contributed by atoms with Crippen LogP contribution in [-0.4, -0.2) is 37.2 Å². The first-order chi connectivity index (χ1) is 35.0. The van der Waals surface area contributed by atoms with Gasteiger partial charge in [0, 0.05) is 19.3 Å². The van der Waals surface area contributed by atoms with Gasteiger partial charge in [-0.1, -0.05) is 256 Å². The summed E-state index contributed by atoms with van der Waals surface area (Å²) in [7, 11) is 0. The Morgan fingerprint density at radius 3 is 1.06 bits per heavy atom. The highest BCUT2D eigenvalue weighted by atomic mass is 16.6. The molecule has 6 nitrogen and oxygen atoms in total. The minimum atomic E-state index is -0.818. The van der Waals surface area contributed by atoms with Crippen molar-refractivity contribution in [3.63, 3.8) is 0 Å². The molecule has 0 aromatic rings. The van der Waals surface area contributed by atoms with Gasteiger partial charge in [0.25, 0.3) is 0 Å². The molecule has 0 radical (unpaired) electrons. The van der Waals surface area contributed by atoms with Gasteiger partial charge < -0.3 is 14.2 Å². The number of allylic oxidation sites excluding steroid dienone is 24. The van der Waals surface area contributed by atoms with E-state index in [0.29, 0.717) is 19.3 Å². The van der Waals surface area contributed by atoms with Crippen LogP contribution in [0, 0.1) is 0 Å². The van der Waals surface area contributed by atoms with Gasteiger partial charge in [-0.05, 0) is 96.3 Å². The average Bonchev–Trinajstić information content (AvgIpc) is 3.37. The minimum absolute atomic E-state index is 0.112. The maximum Gasteiger partial charge on any atom is 0.306 e. The van der Waals surface area contributed by atoms with Crippen LogP contribution in [-0.2, 0) is 28.6 Å². The maximum atomic E-state index is 12.9. The number of hydrogen-bond donors (Lipinski definition) is 0. The molecular weight excluding hydrogens is 877 g/mol. The van der Waals surface area contributed by atoms with Crippen LogP contribution in [0.5, 0.6) is 0 Å². The van der Waals surface area contributed by atoms with Gasteiger partial charge in [-0.15, -0.1) is 0 Å². The van der Waals surface area contributed by atoms with Crippen LogP contribution in [0.15, 0.2) is 146 Å². The molecule has 0 heterocycles. The highest BCUT2D eigenvalue weighted by Gasteiger charge is 2.19. The molecule has 0 aliphatic rings. The number of rotatable bonds is 49. The van der Waals surface area contributed by atoms with Gasteiger partial charge in [-0.2, -0.15) is 0 Å². The van der Waals surface area contributed by atoms with Gasteiger partial charge >= 0.3 is 17.9 Å². The molecule has 0 bridgehead atoms. The van der Waals surface area contributed by atoms with Crippen molar-refractivity contribution in [3.8, 4) is 0 Å². The molecule has 0 spiro atoms.